The molecule has 0 amide bonds. The summed E-state index contributed by atoms with van der Waals surface area (Å²) >= 11 is 3.59. The topological polar surface area (TPSA) is 20.2 Å². The number of hydrogen-bond donors (Lipinski definition) is 1. The molecule has 1 N–H and O–H groups in total. The summed E-state index contributed by atoms with van der Waals surface area (Å²) in [5, 5.41) is 9.87. The molecule has 3 unspecified atom stereocenters. The highest BCUT2D eigenvalue weighted by Gasteiger charge is 2.50. The fourth-order valence-electron chi connectivity index (χ4n) is 2.56. The summed E-state index contributed by atoms with van der Waals surface area (Å²) in [6.07, 6.45) is 1.78. The number of benzene rings is 1. The van der Waals surface area contributed by atoms with E-state index >= 15 is 0 Å². The lowest BCUT2D eigenvalue weighted by Crippen LogP contribution is -2.49. The molecule has 82 valence electrons. The zero-order chi connectivity index (χ0) is 11.1. The molecule has 1 saturated carbocycles. The quantitative estimate of drug-likeness (QED) is 0.867. The Labute approximate surface area is 99.6 Å². The van der Waals surface area contributed by atoms with Gasteiger partial charge < -0.3 is 5.11 Å². The minimum absolute atomic E-state index is 0.0594. The van der Waals surface area contributed by atoms with Crippen molar-refractivity contribution in [1.82, 2.24) is 0 Å². The molecule has 0 spiro atoms. The Balaban J connectivity index is 2.31. The first kappa shape index (κ1) is 11.2. The van der Waals surface area contributed by atoms with E-state index in [0.29, 0.717) is 5.92 Å². The molecule has 1 aromatic carbocycles. The van der Waals surface area contributed by atoms with Crippen LogP contribution < -0.4 is 0 Å². The molecular formula is C13H17BrO. The molecule has 0 heterocycles. The summed E-state index contributed by atoms with van der Waals surface area (Å²) in [6.45, 7) is 4.34. The number of hydrogen-bond acceptors (Lipinski definition) is 1. The minimum atomic E-state index is -0.139. The highest BCUT2D eigenvalue weighted by molar-refractivity contribution is 9.10. The van der Waals surface area contributed by atoms with E-state index in [9.17, 15) is 5.11 Å². The second-order valence-corrected chi connectivity index (χ2v) is 5.54. The van der Waals surface area contributed by atoms with Crippen LogP contribution >= 0.6 is 15.9 Å². The molecule has 0 aliphatic heterocycles. The molecule has 2 rings (SSSR count). The number of rotatable bonds is 2. The van der Waals surface area contributed by atoms with E-state index in [0.717, 1.165) is 12.8 Å². The van der Waals surface area contributed by atoms with Gasteiger partial charge in [0.1, 0.15) is 0 Å². The lowest BCUT2D eigenvalue weighted by molar-refractivity contribution is -0.0779. The summed E-state index contributed by atoms with van der Waals surface area (Å²) in [5.41, 5.74) is 1.40. The van der Waals surface area contributed by atoms with Crippen molar-refractivity contribution >= 4 is 15.9 Å². The van der Waals surface area contributed by atoms with Crippen LogP contribution in [0.15, 0.2) is 28.7 Å². The Hall–Kier alpha value is -0.340. The van der Waals surface area contributed by atoms with Crippen molar-refractivity contribution in [3.63, 3.8) is 0 Å². The van der Waals surface area contributed by atoms with Gasteiger partial charge in [-0.05, 0) is 30.4 Å². The molecule has 2 heteroatoms. The van der Waals surface area contributed by atoms with Crippen LogP contribution in [0.5, 0.6) is 0 Å². The first-order valence-electron chi connectivity index (χ1n) is 5.52. The van der Waals surface area contributed by atoms with Crippen LogP contribution in [0.3, 0.4) is 0 Å². The Morgan fingerprint density at radius 2 is 2.13 bits per heavy atom. The van der Waals surface area contributed by atoms with Gasteiger partial charge in [-0.15, -0.1) is 0 Å². The van der Waals surface area contributed by atoms with E-state index in [4.69, 9.17) is 0 Å². The van der Waals surface area contributed by atoms with Gasteiger partial charge in [0, 0.05) is 9.89 Å². The number of aliphatic hydroxyl groups excluding tert-OH is 1. The van der Waals surface area contributed by atoms with Crippen LogP contribution in [0.1, 0.15) is 38.2 Å². The predicted molar refractivity (Wildman–Crippen MR) is 65.9 cm³/mol. The third-order valence-electron chi connectivity index (χ3n) is 4.06. The largest absolute Gasteiger partial charge is 0.393 e. The maximum Gasteiger partial charge on any atom is 0.0605 e. The summed E-state index contributed by atoms with van der Waals surface area (Å²) < 4.78 is 1.17. The monoisotopic (exact) mass is 268 g/mol. The van der Waals surface area contributed by atoms with Crippen LogP contribution in [0.25, 0.3) is 0 Å². The van der Waals surface area contributed by atoms with Crippen LogP contribution in [-0.4, -0.2) is 11.2 Å². The Morgan fingerprint density at radius 1 is 1.47 bits per heavy atom. The van der Waals surface area contributed by atoms with E-state index in [1.54, 1.807) is 0 Å². The standard InChI is InChI=1S/C13H17BrO/c1-3-13(2)10(8-12(13)15)9-6-4-5-7-11(9)14/h4-7,10,12,15H,3,8H2,1-2H3. The van der Waals surface area contributed by atoms with Crippen molar-refractivity contribution in [3.8, 4) is 0 Å². The summed E-state index contributed by atoms with van der Waals surface area (Å²) in [6, 6.07) is 8.34. The van der Waals surface area contributed by atoms with Crippen molar-refractivity contribution in [2.75, 3.05) is 0 Å². The average molecular weight is 269 g/mol. The van der Waals surface area contributed by atoms with Gasteiger partial charge in [-0.2, -0.15) is 0 Å². The van der Waals surface area contributed by atoms with Gasteiger partial charge in [0.15, 0.2) is 0 Å². The van der Waals surface area contributed by atoms with Crippen molar-refractivity contribution in [2.24, 2.45) is 5.41 Å². The first-order chi connectivity index (χ1) is 7.09. The average Bonchev–Trinajstić information content (AvgIpc) is 2.26. The third kappa shape index (κ3) is 1.64. The second kappa shape index (κ2) is 3.91. The zero-order valence-corrected chi connectivity index (χ0v) is 10.8. The van der Waals surface area contributed by atoms with Gasteiger partial charge in [-0.3, -0.25) is 0 Å². The molecule has 0 radical (unpaired) electrons. The maximum absolute atomic E-state index is 9.87. The molecule has 0 bridgehead atoms. The Bertz CT molecular complexity index is 363. The van der Waals surface area contributed by atoms with Gasteiger partial charge in [0.25, 0.3) is 0 Å². The molecule has 1 aromatic rings. The maximum atomic E-state index is 9.87. The number of aliphatic hydroxyl groups is 1. The minimum Gasteiger partial charge on any atom is -0.393 e. The summed E-state index contributed by atoms with van der Waals surface area (Å²) in [7, 11) is 0. The molecule has 1 nitrogen and oxygen atoms in total. The van der Waals surface area contributed by atoms with E-state index in [-0.39, 0.29) is 11.5 Å². The lowest BCUT2D eigenvalue weighted by Gasteiger charge is -2.52. The predicted octanol–water partition coefficient (Wildman–Crippen LogP) is 3.71. The normalized spacial score (nSPS) is 34.9. The first-order valence-corrected chi connectivity index (χ1v) is 6.31. The van der Waals surface area contributed by atoms with E-state index in [2.05, 4.69) is 48.0 Å². The van der Waals surface area contributed by atoms with E-state index < -0.39 is 0 Å². The molecule has 0 saturated heterocycles. The SMILES string of the molecule is CCC1(C)C(O)CC1c1ccccc1Br. The molecule has 15 heavy (non-hydrogen) atoms. The van der Waals surface area contributed by atoms with Crippen LogP contribution in [0.2, 0.25) is 0 Å². The van der Waals surface area contributed by atoms with Gasteiger partial charge in [0.2, 0.25) is 0 Å². The van der Waals surface area contributed by atoms with Gasteiger partial charge in [-0.1, -0.05) is 48.0 Å². The van der Waals surface area contributed by atoms with Gasteiger partial charge in [0.05, 0.1) is 6.10 Å². The Morgan fingerprint density at radius 3 is 2.67 bits per heavy atom. The smallest absolute Gasteiger partial charge is 0.0605 e. The summed E-state index contributed by atoms with van der Waals surface area (Å²) in [4.78, 5) is 0. The third-order valence-corrected chi connectivity index (χ3v) is 4.78. The highest BCUT2D eigenvalue weighted by atomic mass is 79.9. The van der Waals surface area contributed by atoms with Gasteiger partial charge in [-0.25, -0.2) is 0 Å². The van der Waals surface area contributed by atoms with Crippen molar-refractivity contribution < 1.29 is 5.11 Å². The van der Waals surface area contributed by atoms with Crippen molar-refractivity contribution in [2.45, 2.75) is 38.7 Å². The molecule has 1 fully saturated rings. The number of halogens is 1. The summed E-state index contributed by atoms with van der Waals surface area (Å²) in [5.74, 6) is 0.494. The fraction of sp³-hybridized carbons (Fsp3) is 0.538. The molecule has 3 atom stereocenters. The van der Waals surface area contributed by atoms with Crippen LogP contribution in [0, 0.1) is 5.41 Å². The van der Waals surface area contributed by atoms with Crippen LogP contribution in [0.4, 0.5) is 0 Å². The lowest BCUT2D eigenvalue weighted by atomic mass is 9.55. The second-order valence-electron chi connectivity index (χ2n) is 4.68. The molecule has 0 aromatic heterocycles. The van der Waals surface area contributed by atoms with Crippen molar-refractivity contribution in [3.05, 3.63) is 34.3 Å². The molecule has 1 aliphatic rings. The molecule has 1 aliphatic carbocycles. The van der Waals surface area contributed by atoms with E-state index in [1.807, 2.05) is 6.07 Å². The fourth-order valence-corrected chi connectivity index (χ4v) is 3.12. The Kier molecular flexibility index (Phi) is 2.91. The highest BCUT2D eigenvalue weighted by Crippen LogP contribution is 2.55. The molecular weight excluding hydrogens is 252 g/mol. The van der Waals surface area contributed by atoms with Crippen molar-refractivity contribution in [1.29, 1.82) is 0 Å². The van der Waals surface area contributed by atoms with Gasteiger partial charge >= 0.3 is 0 Å². The van der Waals surface area contributed by atoms with E-state index in [1.165, 1.54) is 10.0 Å². The van der Waals surface area contributed by atoms with Crippen LogP contribution in [-0.2, 0) is 0 Å². The zero-order valence-electron chi connectivity index (χ0n) is 9.20.